The molecule has 0 aromatic rings. The van der Waals surface area contributed by atoms with Crippen LogP contribution in [-0.4, -0.2) is 19.8 Å². The lowest BCUT2D eigenvalue weighted by atomic mass is 10.1. The Kier molecular flexibility index (Phi) is 27.6. The van der Waals surface area contributed by atoms with Gasteiger partial charge >= 0.3 is 8.60 Å². The van der Waals surface area contributed by atoms with Crippen LogP contribution in [0.4, 0.5) is 0 Å². The summed E-state index contributed by atoms with van der Waals surface area (Å²) in [5.41, 5.74) is 0. The van der Waals surface area contributed by atoms with Gasteiger partial charge in [-0.1, -0.05) is 129 Å². The van der Waals surface area contributed by atoms with Gasteiger partial charge in [0.1, 0.15) is 0 Å². The topological polar surface area (TPSA) is 27.7 Å². The van der Waals surface area contributed by atoms with Crippen LogP contribution in [0.15, 0.2) is 0 Å². The fraction of sp³-hybridized carbons (Fsp3) is 1.00. The quantitative estimate of drug-likeness (QED) is 0.0976. The van der Waals surface area contributed by atoms with E-state index in [2.05, 4.69) is 13.8 Å². The molecule has 0 N–H and O–H groups in total. The van der Waals surface area contributed by atoms with Crippen LogP contribution in [-0.2, 0) is 13.6 Å². The van der Waals surface area contributed by atoms with Gasteiger partial charge in [-0.2, -0.15) is 0 Å². The Balaban J connectivity index is 3.40. The second-order valence-corrected chi connectivity index (χ2v) is 9.89. The molecule has 0 spiro atoms. The predicted octanol–water partition coefficient (Wildman–Crippen LogP) is 10.1. The van der Waals surface area contributed by atoms with Crippen LogP contribution in [0.25, 0.3) is 0 Å². The van der Waals surface area contributed by atoms with Crippen molar-refractivity contribution in [2.24, 2.45) is 0 Å². The zero-order valence-corrected chi connectivity index (χ0v) is 21.8. The molecule has 0 unspecified atom stereocenters. The first-order chi connectivity index (χ1) is 14.8. The van der Waals surface area contributed by atoms with Crippen molar-refractivity contribution >= 4 is 8.60 Å². The predicted molar refractivity (Wildman–Crippen MR) is 134 cm³/mol. The number of unbranched alkanes of at least 4 members (excludes halogenated alkanes) is 18. The fourth-order valence-electron chi connectivity index (χ4n) is 3.67. The van der Waals surface area contributed by atoms with Gasteiger partial charge in [0.05, 0.1) is 19.8 Å². The highest BCUT2D eigenvalue weighted by molar-refractivity contribution is 7.41. The van der Waals surface area contributed by atoms with Crippen molar-refractivity contribution in [3.8, 4) is 0 Å². The van der Waals surface area contributed by atoms with Gasteiger partial charge in [0.25, 0.3) is 0 Å². The number of rotatable bonds is 26. The Morgan fingerprint density at radius 1 is 0.367 bits per heavy atom. The molecule has 0 fully saturated rings. The lowest BCUT2D eigenvalue weighted by Crippen LogP contribution is -1.99. The van der Waals surface area contributed by atoms with Crippen LogP contribution in [0.5, 0.6) is 0 Å². The van der Waals surface area contributed by atoms with Crippen LogP contribution in [0.2, 0.25) is 0 Å². The second-order valence-electron chi connectivity index (χ2n) is 8.67. The van der Waals surface area contributed by atoms with E-state index < -0.39 is 8.60 Å². The van der Waals surface area contributed by atoms with Gasteiger partial charge in [0, 0.05) is 0 Å². The summed E-state index contributed by atoms with van der Waals surface area (Å²) >= 11 is 0. The molecule has 0 aliphatic heterocycles. The molecule has 3 nitrogen and oxygen atoms in total. The third kappa shape index (κ3) is 24.6. The third-order valence-corrected chi connectivity index (χ3v) is 6.88. The van der Waals surface area contributed by atoms with Crippen LogP contribution < -0.4 is 0 Å². The van der Waals surface area contributed by atoms with Crippen molar-refractivity contribution in [2.75, 3.05) is 19.8 Å². The summed E-state index contributed by atoms with van der Waals surface area (Å²) in [5.74, 6) is 0. The molecular weight excluding hydrogens is 391 g/mol. The van der Waals surface area contributed by atoms with Gasteiger partial charge in [-0.15, -0.1) is 0 Å². The number of hydrogen-bond acceptors (Lipinski definition) is 3. The Morgan fingerprint density at radius 2 is 0.667 bits per heavy atom. The van der Waals surface area contributed by atoms with Crippen LogP contribution in [0.1, 0.15) is 149 Å². The summed E-state index contributed by atoms with van der Waals surface area (Å²) in [6.07, 6.45) is 27.0. The molecule has 0 aromatic carbocycles. The first-order valence-corrected chi connectivity index (χ1v) is 14.6. The maximum Gasteiger partial charge on any atom is 0.332 e. The van der Waals surface area contributed by atoms with Crippen molar-refractivity contribution in [1.82, 2.24) is 0 Å². The standard InChI is InChI=1S/C26H55O3P/c1-4-7-9-11-13-15-17-19-21-23-25-28-30(27-6-3)29-26-24-22-20-18-16-14-12-10-8-5-2/h4-26H2,1-3H3. The molecule has 30 heavy (non-hydrogen) atoms. The molecule has 0 aliphatic rings. The fourth-order valence-corrected chi connectivity index (χ4v) is 4.67. The maximum absolute atomic E-state index is 5.87. The van der Waals surface area contributed by atoms with Gasteiger partial charge in [-0.3, -0.25) is 0 Å². The average molecular weight is 447 g/mol. The molecule has 0 aliphatic carbocycles. The van der Waals surface area contributed by atoms with E-state index >= 15 is 0 Å². The minimum absolute atomic E-state index is 0.668. The average Bonchev–Trinajstić information content (AvgIpc) is 2.75. The molecule has 0 rings (SSSR count). The van der Waals surface area contributed by atoms with Crippen molar-refractivity contribution in [3.63, 3.8) is 0 Å². The minimum Gasteiger partial charge on any atom is -0.313 e. The monoisotopic (exact) mass is 446 g/mol. The first kappa shape index (κ1) is 30.3. The zero-order valence-electron chi connectivity index (χ0n) is 20.9. The smallest absolute Gasteiger partial charge is 0.313 e. The van der Waals surface area contributed by atoms with E-state index in [1.165, 1.54) is 116 Å². The van der Waals surface area contributed by atoms with E-state index in [4.69, 9.17) is 13.6 Å². The maximum atomic E-state index is 5.87. The summed E-state index contributed by atoms with van der Waals surface area (Å²) in [7, 11) is -1.13. The Bertz CT molecular complexity index is 276. The van der Waals surface area contributed by atoms with Gasteiger partial charge in [-0.05, 0) is 19.8 Å². The normalized spacial score (nSPS) is 11.6. The third-order valence-electron chi connectivity index (χ3n) is 5.62. The molecule has 0 saturated heterocycles. The highest BCUT2D eigenvalue weighted by Gasteiger charge is 2.11. The summed E-state index contributed by atoms with van der Waals surface area (Å²) in [5, 5.41) is 0. The SMILES string of the molecule is CCCCCCCCCCCCOP(OCC)OCCCCCCCCCCCC. The first-order valence-electron chi connectivity index (χ1n) is 13.5. The van der Waals surface area contributed by atoms with Crippen LogP contribution >= 0.6 is 8.60 Å². The van der Waals surface area contributed by atoms with Crippen LogP contribution in [0, 0.1) is 0 Å². The van der Waals surface area contributed by atoms with Gasteiger partial charge in [0.2, 0.25) is 0 Å². The summed E-state index contributed by atoms with van der Waals surface area (Å²) < 4.78 is 17.4. The highest BCUT2D eigenvalue weighted by atomic mass is 31.2. The van der Waals surface area contributed by atoms with Crippen molar-refractivity contribution in [3.05, 3.63) is 0 Å². The molecular formula is C26H55O3P. The molecule has 0 radical (unpaired) electrons. The van der Waals surface area contributed by atoms with Crippen LogP contribution in [0.3, 0.4) is 0 Å². The summed E-state index contributed by atoms with van der Waals surface area (Å²) in [4.78, 5) is 0. The van der Waals surface area contributed by atoms with Crippen molar-refractivity contribution in [1.29, 1.82) is 0 Å². The summed E-state index contributed by atoms with van der Waals surface area (Å²) in [6, 6.07) is 0. The second kappa shape index (κ2) is 27.3. The Hall–Kier alpha value is 0.310. The molecule has 0 heterocycles. The number of hydrogen-bond donors (Lipinski definition) is 0. The highest BCUT2D eigenvalue weighted by Crippen LogP contribution is 2.39. The van der Waals surface area contributed by atoms with Gasteiger partial charge in [-0.25, -0.2) is 0 Å². The Morgan fingerprint density at radius 3 is 0.967 bits per heavy atom. The molecule has 0 amide bonds. The van der Waals surface area contributed by atoms with E-state index in [1.54, 1.807) is 0 Å². The molecule has 0 aromatic heterocycles. The lowest BCUT2D eigenvalue weighted by Gasteiger charge is -2.16. The molecule has 0 atom stereocenters. The molecule has 182 valence electrons. The minimum atomic E-state index is -1.13. The van der Waals surface area contributed by atoms with E-state index in [9.17, 15) is 0 Å². The van der Waals surface area contributed by atoms with Gasteiger partial charge in [0.15, 0.2) is 0 Å². The van der Waals surface area contributed by atoms with E-state index in [1.807, 2.05) is 6.92 Å². The van der Waals surface area contributed by atoms with Crippen molar-refractivity contribution < 1.29 is 13.6 Å². The van der Waals surface area contributed by atoms with Crippen molar-refractivity contribution in [2.45, 2.75) is 149 Å². The molecule has 0 saturated carbocycles. The van der Waals surface area contributed by atoms with E-state index in [0.29, 0.717) is 6.61 Å². The molecule has 0 bridgehead atoms. The van der Waals surface area contributed by atoms with E-state index in [0.717, 1.165) is 26.1 Å². The largest absolute Gasteiger partial charge is 0.332 e. The lowest BCUT2D eigenvalue weighted by molar-refractivity contribution is 0.160. The molecule has 4 heteroatoms. The Labute approximate surface area is 191 Å². The summed E-state index contributed by atoms with van der Waals surface area (Å²) in [6.45, 7) is 8.80. The zero-order chi connectivity index (χ0) is 22.0. The van der Waals surface area contributed by atoms with Gasteiger partial charge < -0.3 is 13.6 Å². The van der Waals surface area contributed by atoms with E-state index in [-0.39, 0.29) is 0 Å².